The van der Waals surface area contributed by atoms with E-state index < -0.39 is 0 Å². The highest BCUT2D eigenvalue weighted by molar-refractivity contribution is 14.0. The lowest BCUT2D eigenvalue weighted by Gasteiger charge is -2.12. The maximum Gasteiger partial charge on any atom is 0.213 e. The van der Waals surface area contributed by atoms with Crippen molar-refractivity contribution in [1.29, 1.82) is 0 Å². The minimum Gasteiger partial charge on any atom is -0.478 e. The van der Waals surface area contributed by atoms with E-state index >= 15 is 0 Å². The van der Waals surface area contributed by atoms with Gasteiger partial charge in [0.05, 0.1) is 13.2 Å². The summed E-state index contributed by atoms with van der Waals surface area (Å²) in [6, 6.07) is 3.87. The predicted octanol–water partition coefficient (Wildman–Crippen LogP) is 1.80. The third-order valence-corrected chi connectivity index (χ3v) is 2.52. The van der Waals surface area contributed by atoms with Gasteiger partial charge in [0.1, 0.15) is 0 Å². The van der Waals surface area contributed by atoms with Gasteiger partial charge in [-0.3, -0.25) is 4.99 Å². The van der Waals surface area contributed by atoms with E-state index in [1.54, 1.807) is 13.2 Å². The Kier molecular flexibility index (Phi) is 12.0. The third kappa shape index (κ3) is 8.71. The number of aromatic nitrogens is 1. The van der Waals surface area contributed by atoms with Crippen molar-refractivity contribution in [3.05, 3.63) is 23.9 Å². The minimum absolute atomic E-state index is 0. The van der Waals surface area contributed by atoms with Crippen molar-refractivity contribution in [2.75, 3.05) is 33.4 Å². The van der Waals surface area contributed by atoms with Crippen LogP contribution in [0.4, 0.5) is 0 Å². The van der Waals surface area contributed by atoms with Crippen molar-refractivity contribution in [2.24, 2.45) is 4.99 Å². The molecule has 0 bridgehead atoms. The lowest BCUT2D eigenvalue weighted by atomic mass is 10.2. The number of ether oxygens (including phenoxy) is 2. The van der Waals surface area contributed by atoms with Gasteiger partial charge in [0.25, 0.3) is 0 Å². The van der Waals surface area contributed by atoms with E-state index in [1.807, 2.05) is 26.0 Å². The molecule has 1 aromatic rings. The average Bonchev–Trinajstić information content (AvgIpc) is 2.47. The molecule has 1 rings (SSSR count). The van der Waals surface area contributed by atoms with Crippen molar-refractivity contribution >= 4 is 29.9 Å². The number of pyridine rings is 1. The molecule has 0 saturated heterocycles. The summed E-state index contributed by atoms with van der Waals surface area (Å²) in [5.41, 5.74) is 1.09. The first-order valence-electron chi connectivity index (χ1n) is 6.90. The van der Waals surface area contributed by atoms with E-state index in [0.717, 1.165) is 24.7 Å². The van der Waals surface area contributed by atoms with E-state index in [4.69, 9.17) is 9.47 Å². The molecule has 0 atom stereocenters. The SMILES string of the molecule is CCOCCNC(=NC)NCc1ccnc(OCC)c1.I. The van der Waals surface area contributed by atoms with Gasteiger partial charge in [0.2, 0.25) is 5.88 Å². The molecule has 0 saturated carbocycles. The van der Waals surface area contributed by atoms with E-state index in [1.165, 1.54) is 0 Å². The van der Waals surface area contributed by atoms with Gasteiger partial charge in [-0.2, -0.15) is 0 Å². The molecule has 0 unspecified atom stereocenters. The highest BCUT2D eigenvalue weighted by Crippen LogP contribution is 2.08. The predicted molar refractivity (Wildman–Crippen MR) is 95.5 cm³/mol. The largest absolute Gasteiger partial charge is 0.478 e. The molecule has 0 fully saturated rings. The molecule has 0 spiro atoms. The fourth-order valence-electron chi connectivity index (χ4n) is 1.58. The highest BCUT2D eigenvalue weighted by atomic mass is 127. The van der Waals surface area contributed by atoms with Crippen molar-refractivity contribution in [3.8, 4) is 5.88 Å². The topological polar surface area (TPSA) is 67.8 Å². The lowest BCUT2D eigenvalue weighted by Crippen LogP contribution is -2.38. The summed E-state index contributed by atoms with van der Waals surface area (Å²) >= 11 is 0. The number of guanidine groups is 1. The van der Waals surface area contributed by atoms with Gasteiger partial charge in [-0.25, -0.2) is 4.98 Å². The maximum absolute atomic E-state index is 5.37. The average molecular weight is 408 g/mol. The Morgan fingerprint density at radius 2 is 2.10 bits per heavy atom. The van der Waals surface area contributed by atoms with Crippen LogP contribution in [0.1, 0.15) is 19.4 Å². The molecule has 0 radical (unpaired) electrons. The molecule has 0 aromatic carbocycles. The van der Waals surface area contributed by atoms with Gasteiger partial charge in [-0.1, -0.05) is 0 Å². The van der Waals surface area contributed by atoms with Crippen LogP contribution in [-0.4, -0.2) is 44.4 Å². The van der Waals surface area contributed by atoms with Crippen LogP contribution in [0.25, 0.3) is 0 Å². The molecule has 0 aliphatic heterocycles. The Balaban J connectivity index is 0.00000400. The van der Waals surface area contributed by atoms with Gasteiger partial charge in [-0.15, -0.1) is 24.0 Å². The zero-order chi connectivity index (χ0) is 14.6. The summed E-state index contributed by atoms with van der Waals surface area (Å²) in [4.78, 5) is 8.29. The molecule has 6 nitrogen and oxygen atoms in total. The zero-order valence-corrected chi connectivity index (χ0v) is 15.2. The summed E-state index contributed by atoms with van der Waals surface area (Å²) in [6.07, 6.45) is 1.74. The minimum atomic E-state index is 0. The number of aliphatic imine (C=N–C) groups is 1. The van der Waals surface area contributed by atoms with E-state index in [9.17, 15) is 0 Å². The van der Waals surface area contributed by atoms with Crippen LogP contribution in [-0.2, 0) is 11.3 Å². The van der Waals surface area contributed by atoms with Crippen molar-refractivity contribution < 1.29 is 9.47 Å². The van der Waals surface area contributed by atoms with E-state index in [0.29, 0.717) is 25.6 Å². The Labute approximate surface area is 143 Å². The number of hydrogen-bond donors (Lipinski definition) is 2. The van der Waals surface area contributed by atoms with Crippen LogP contribution in [0.2, 0.25) is 0 Å². The number of rotatable bonds is 8. The summed E-state index contributed by atoms with van der Waals surface area (Å²) in [7, 11) is 1.74. The molecule has 2 N–H and O–H groups in total. The number of hydrogen-bond acceptors (Lipinski definition) is 4. The smallest absolute Gasteiger partial charge is 0.213 e. The van der Waals surface area contributed by atoms with Gasteiger partial charge >= 0.3 is 0 Å². The third-order valence-electron chi connectivity index (χ3n) is 2.52. The molecule has 21 heavy (non-hydrogen) atoms. The van der Waals surface area contributed by atoms with E-state index in [-0.39, 0.29) is 24.0 Å². The molecule has 0 amide bonds. The highest BCUT2D eigenvalue weighted by Gasteiger charge is 2.00. The van der Waals surface area contributed by atoms with Gasteiger partial charge < -0.3 is 20.1 Å². The second-order valence-electron chi connectivity index (χ2n) is 3.98. The monoisotopic (exact) mass is 408 g/mol. The standard InChI is InChI=1S/C14H24N4O2.HI/c1-4-19-9-8-17-14(15-3)18-11-12-6-7-16-13(10-12)20-5-2;/h6-7,10H,4-5,8-9,11H2,1-3H3,(H2,15,17,18);1H. The fraction of sp³-hybridized carbons (Fsp3) is 0.571. The Hall–Kier alpha value is -1.09. The van der Waals surface area contributed by atoms with Gasteiger partial charge in [0.15, 0.2) is 5.96 Å². The van der Waals surface area contributed by atoms with Crippen LogP contribution < -0.4 is 15.4 Å². The molecular weight excluding hydrogens is 383 g/mol. The number of nitrogens with zero attached hydrogens (tertiary/aromatic N) is 2. The van der Waals surface area contributed by atoms with Crippen LogP contribution in [0, 0.1) is 0 Å². The number of nitrogens with one attached hydrogen (secondary N) is 2. The summed E-state index contributed by atoms with van der Waals surface area (Å²) in [5.74, 6) is 1.39. The summed E-state index contributed by atoms with van der Waals surface area (Å²) in [5, 5.41) is 6.41. The first-order valence-corrected chi connectivity index (χ1v) is 6.90. The second-order valence-corrected chi connectivity index (χ2v) is 3.98. The molecule has 0 aliphatic rings. The Morgan fingerprint density at radius 3 is 2.76 bits per heavy atom. The fourth-order valence-corrected chi connectivity index (χ4v) is 1.58. The zero-order valence-electron chi connectivity index (χ0n) is 12.9. The van der Waals surface area contributed by atoms with Crippen molar-refractivity contribution in [2.45, 2.75) is 20.4 Å². The first-order chi connectivity index (χ1) is 9.80. The second kappa shape index (κ2) is 12.6. The molecule has 7 heteroatoms. The van der Waals surface area contributed by atoms with Crippen LogP contribution in [0.5, 0.6) is 5.88 Å². The number of halogens is 1. The van der Waals surface area contributed by atoms with E-state index in [2.05, 4.69) is 20.6 Å². The lowest BCUT2D eigenvalue weighted by molar-refractivity contribution is 0.152. The van der Waals surface area contributed by atoms with Crippen molar-refractivity contribution in [3.63, 3.8) is 0 Å². The normalized spacial score (nSPS) is 10.7. The van der Waals surface area contributed by atoms with Gasteiger partial charge in [0, 0.05) is 39.0 Å². The molecule has 1 aromatic heterocycles. The van der Waals surface area contributed by atoms with Crippen molar-refractivity contribution in [1.82, 2.24) is 15.6 Å². The molecular formula is C14H25IN4O2. The first kappa shape index (κ1) is 19.9. The Morgan fingerprint density at radius 1 is 1.29 bits per heavy atom. The summed E-state index contributed by atoms with van der Waals surface area (Å²) in [6.45, 7) is 7.32. The van der Waals surface area contributed by atoms with Gasteiger partial charge in [-0.05, 0) is 25.5 Å². The maximum atomic E-state index is 5.37. The van der Waals surface area contributed by atoms with Crippen LogP contribution in [0.3, 0.4) is 0 Å². The summed E-state index contributed by atoms with van der Waals surface area (Å²) < 4.78 is 10.6. The molecule has 1 heterocycles. The van der Waals surface area contributed by atoms with Crippen LogP contribution in [0.15, 0.2) is 23.3 Å². The van der Waals surface area contributed by atoms with Crippen LogP contribution >= 0.6 is 24.0 Å². The molecule has 0 aliphatic carbocycles. The Bertz CT molecular complexity index is 416. The molecule has 120 valence electrons. The quantitative estimate of drug-likeness (QED) is 0.297.